The quantitative estimate of drug-likeness (QED) is 0.579. The third-order valence-corrected chi connectivity index (χ3v) is 4.04. The molecule has 0 spiro atoms. The molecule has 6 nitrogen and oxygen atoms in total. The zero-order valence-corrected chi connectivity index (χ0v) is 14.9. The molecule has 0 aliphatic rings. The molecule has 0 aliphatic carbocycles. The summed E-state index contributed by atoms with van der Waals surface area (Å²) in [6.45, 7) is 0.0867. The van der Waals surface area contributed by atoms with Crippen LogP contribution in [0.5, 0.6) is 0 Å². The summed E-state index contributed by atoms with van der Waals surface area (Å²) in [6.07, 6.45) is -1.87. The first-order valence-electron chi connectivity index (χ1n) is 8.64. The minimum absolute atomic E-state index is 0.160. The van der Waals surface area contributed by atoms with Gasteiger partial charge in [-0.25, -0.2) is 4.39 Å². The summed E-state index contributed by atoms with van der Waals surface area (Å²) in [5.74, 6) is -1.89. The van der Waals surface area contributed by atoms with E-state index in [0.29, 0.717) is 13.1 Å². The van der Waals surface area contributed by atoms with Crippen molar-refractivity contribution >= 4 is 11.8 Å². The zero-order chi connectivity index (χ0) is 19.6. The van der Waals surface area contributed by atoms with Crippen LogP contribution in [-0.4, -0.2) is 47.2 Å². The van der Waals surface area contributed by atoms with E-state index < -0.39 is 30.6 Å². The van der Waals surface area contributed by atoms with Gasteiger partial charge in [0.2, 0.25) is 5.91 Å². The fourth-order valence-electron chi connectivity index (χ4n) is 2.65. The highest BCUT2D eigenvalue weighted by Crippen LogP contribution is 2.12. The average Bonchev–Trinajstić information content (AvgIpc) is 2.67. The van der Waals surface area contributed by atoms with Crippen molar-refractivity contribution in [2.75, 3.05) is 13.2 Å². The molecule has 7 heteroatoms. The third kappa shape index (κ3) is 6.80. The van der Waals surface area contributed by atoms with Gasteiger partial charge in [0.15, 0.2) is 6.17 Å². The molecule has 0 heterocycles. The number of carbonyl (C=O) groups is 2. The van der Waals surface area contributed by atoms with Gasteiger partial charge < -0.3 is 16.2 Å². The molecule has 0 aromatic heterocycles. The van der Waals surface area contributed by atoms with Crippen molar-refractivity contribution in [3.8, 4) is 0 Å². The third-order valence-electron chi connectivity index (χ3n) is 4.04. The molecule has 2 atom stereocenters. The Bertz CT molecular complexity index is 686. The number of rotatable bonds is 10. The van der Waals surface area contributed by atoms with E-state index in [2.05, 4.69) is 5.32 Å². The van der Waals surface area contributed by atoms with Gasteiger partial charge in [0.25, 0.3) is 5.91 Å². The lowest BCUT2D eigenvalue weighted by atomic mass is 10.1. The minimum Gasteiger partial charge on any atom is -0.394 e. The van der Waals surface area contributed by atoms with Crippen LogP contribution in [0.1, 0.15) is 11.1 Å². The fourth-order valence-corrected chi connectivity index (χ4v) is 2.65. The molecule has 0 aliphatic heterocycles. The number of benzene rings is 2. The van der Waals surface area contributed by atoms with Crippen LogP contribution in [0.3, 0.4) is 0 Å². The maximum atomic E-state index is 14.5. The summed E-state index contributed by atoms with van der Waals surface area (Å²) in [5.41, 5.74) is 7.04. The molecule has 2 rings (SSSR count). The van der Waals surface area contributed by atoms with Crippen LogP contribution in [0, 0.1) is 0 Å². The lowest BCUT2D eigenvalue weighted by Crippen LogP contribution is -2.51. The molecule has 2 amide bonds. The Balaban J connectivity index is 2.05. The summed E-state index contributed by atoms with van der Waals surface area (Å²) in [6, 6.07) is 17.8. The van der Waals surface area contributed by atoms with Crippen molar-refractivity contribution in [1.82, 2.24) is 10.2 Å². The van der Waals surface area contributed by atoms with Gasteiger partial charge in [-0.05, 0) is 11.1 Å². The largest absolute Gasteiger partial charge is 0.394 e. The van der Waals surface area contributed by atoms with E-state index in [1.807, 2.05) is 65.6 Å². The molecule has 0 saturated carbocycles. The van der Waals surface area contributed by atoms with Crippen LogP contribution in [0.4, 0.5) is 4.39 Å². The highest BCUT2D eigenvalue weighted by atomic mass is 19.1. The number of nitrogens with zero attached hydrogens (tertiary/aromatic N) is 1. The molecule has 144 valence electrons. The van der Waals surface area contributed by atoms with Crippen molar-refractivity contribution in [2.45, 2.75) is 25.3 Å². The Morgan fingerprint density at radius 1 is 1.00 bits per heavy atom. The number of hydrogen-bond acceptors (Lipinski definition) is 4. The second-order valence-corrected chi connectivity index (χ2v) is 6.25. The highest BCUT2D eigenvalue weighted by molar-refractivity contribution is 5.88. The molecule has 4 N–H and O–H groups in total. The number of halogens is 1. The van der Waals surface area contributed by atoms with E-state index in [1.54, 1.807) is 0 Å². The molecule has 2 aromatic rings. The van der Waals surface area contributed by atoms with Crippen LogP contribution < -0.4 is 11.1 Å². The van der Waals surface area contributed by atoms with Gasteiger partial charge in [-0.1, -0.05) is 60.7 Å². The lowest BCUT2D eigenvalue weighted by molar-refractivity contribution is -0.131. The number of alkyl halides is 1. The first-order chi connectivity index (χ1) is 13.0. The summed E-state index contributed by atoms with van der Waals surface area (Å²) >= 11 is 0. The number of nitrogens with two attached hydrogens (primary N) is 1. The predicted molar refractivity (Wildman–Crippen MR) is 100 cm³/mol. The smallest absolute Gasteiger partial charge is 0.256 e. The second kappa shape index (κ2) is 10.4. The van der Waals surface area contributed by atoms with Crippen molar-refractivity contribution in [3.05, 3.63) is 71.8 Å². The molecule has 0 fully saturated rings. The fraction of sp³-hybridized carbons (Fsp3) is 0.300. The van der Waals surface area contributed by atoms with Crippen molar-refractivity contribution in [3.63, 3.8) is 0 Å². The average molecular weight is 373 g/mol. The number of hydrogen-bond donors (Lipinski definition) is 3. The van der Waals surface area contributed by atoms with Crippen molar-refractivity contribution in [1.29, 1.82) is 0 Å². The van der Waals surface area contributed by atoms with Crippen molar-refractivity contribution < 1.29 is 19.1 Å². The number of nitrogens with one attached hydrogen (secondary N) is 1. The molecule has 27 heavy (non-hydrogen) atoms. The Hall–Kier alpha value is -2.77. The van der Waals surface area contributed by atoms with Gasteiger partial charge in [0, 0.05) is 19.6 Å². The SMILES string of the molecule is NC(=O)[C@H](CO)NC(=O)C(F)CN(Cc1ccccc1)Cc1ccccc1. The number of amides is 2. The van der Waals surface area contributed by atoms with Gasteiger partial charge in [-0.3, -0.25) is 14.5 Å². The second-order valence-electron chi connectivity index (χ2n) is 6.25. The Labute approximate surface area is 157 Å². The first-order valence-corrected chi connectivity index (χ1v) is 8.64. The summed E-state index contributed by atoms with van der Waals surface area (Å²) in [5, 5.41) is 11.2. The summed E-state index contributed by atoms with van der Waals surface area (Å²) < 4.78 is 14.5. The molecule has 0 bridgehead atoms. The number of aliphatic hydroxyl groups is 1. The van der Waals surface area contributed by atoms with Gasteiger partial charge in [-0.2, -0.15) is 0 Å². The first kappa shape index (κ1) is 20.5. The van der Waals surface area contributed by atoms with E-state index in [0.717, 1.165) is 11.1 Å². The Kier molecular flexibility index (Phi) is 7.91. The van der Waals surface area contributed by atoms with Crippen molar-refractivity contribution in [2.24, 2.45) is 5.73 Å². The van der Waals surface area contributed by atoms with Crippen LogP contribution in [0.15, 0.2) is 60.7 Å². The highest BCUT2D eigenvalue weighted by Gasteiger charge is 2.25. The van der Waals surface area contributed by atoms with Gasteiger partial charge in [0.05, 0.1) is 6.61 Å². The van der Waals surface area contributed by atoms with Crippen LogP contribution in [0.25, 0.3) is 0 Å². The minimum atomic E-state index is -1.87. The summed E-state index contributed by atoms with van der Waals surface area (Å²) in [4.78, 5) is 24.9. The molecular weight excluding hydrogens is 349 g/mol. The summed E-state index contributed by atoms with van der Waals surface area (Å²) in [7, 11) is 0. The number of aliphatic hydroxyl groups excluding tert-OH is 1. The monoisotopic (exact) mass is 373 g/mol. The van der Waals surface area contributed by atoms with E-state index in [1.165, 1.54) is 0 Å². The molecule has 0 saturated heterocycles. The normalized spacial score (nSPS) is 13.1. The topological polar surface area (TPSA) is 95.7 Å². The van der Waals surface area contributed by atoms with Crippen LogP contribution in [0.2, 0.25) is 0 Å². The molecule has 1 unspecified atom stereocenters. The molecule has 0 radical (unpaired) electrons. The van der Waals surface area contributed by atoms with Crippen LogP contribution in [-0.2, 0) is 22.7 Å². The number of carbonyl (C=O) groups excluding carboxylic acids is 2. The standard InChI is InChI=1S/C20H24FN3O3/c21-17(20(27)23-18(14-25)19(22)26)13-24(11-15-7-3-1-4-8-15)12-16-9-5-2-6-10-16/h1-10,17-18,25H,11-14H2,(H2,22,26)(H,23,27)/t17?,18-/m0/s1. The van der Waals surface area contributed by atoms with E-state index in [4.69, 9.17) is 10.8 Å². The van der Waals surface area contributed by atoms with Gasteiger partial charge in [0.1, 0.15) is 6.04 Å². The number of primary amides is 1. The van der Waals surface area contributed by atoms with Gasteiger partial charge in [-0.15, -0.1) is 0 Å². The van der Waals surface area contributed by atoms with Crippen LogP contribution >= 0.6 is 0 Å². The lowest BCUT2D eigenvalue weighted by Gasteiger charge is -2.24. The van der Waals surface area contributed by atoms with E-state index in [-0.39, 0.29) is 6.54 Å². The zero-order valence-electron chi connectivity index (χ0n) is 14.9. The van der Waals surface area contributed by atoms with E-state index in [9.17, 15) is 14.0 Å². The van der Waals surface area contributed by atoms with E-state index >= 15 is 0 Å². The maximum Gasteiger partial charge on any atom is 0.256 e. The van der Waals surface area contributed by atoms with Gasteiger partial charge >= 0.3 is 0 Å². The Morgan fingerprint density at radius 2 is 1.48 bits per heavy atom. The molecule has 2 aromatic carbocycles. The Morgan fingerprint density at radius 3 is 1.89 bits per heavy atom. The maximum absolute atomic E-state index is 14.5. The predicted octanol–water partition coefficient (Wildman–Crippen LogP) is 0.989. The molecular formula is C20H24FN3O3.